The third-order valence-corrected chi connectivity index (χ3v) is 3.75. The smallest absolute Gasteiger partial charge is 0.338 e. The molecule has 0 aliphatic carbocycles. The molecule has 0 saturated heterocycles. The van der Waals surface area contributed by atoms with Crippen molar-refractivity contribution in [3.8, 4) is 0 Å². The lowest BCUT2D eigenvalue weighted by molar-refractivity contribution is -0.138. The molecule has 25 heavy (non-hydrogen) atoms. The van der Waals surface area contributed by atoms with Crippen LogP contribution in [0.15, 0.2) is 72.1 Å². The van der Waals surface area contributed by atoms with Crippen LogP contribution in [0.3, 0.4) is 0 Å². The highest BCUT2D eigenvalue weighted by atomic mass is 16.6. The molecule has 0 spiro atoms. The molecule has 0 saturated carbocycles. The second-order valence-corrected chi connectivity index (χ2v) is 5.60. The zero-order chi connectivity index (χ0) is 18.3. The molecule has 1 heterocycles. The summed E-state index contributed by atoms with van der Waals surface area (Å²) < 4.78 is 10.6. The highest BCUT2D eigenvalue weighted by molar-refractivity contribution is 5.92. The Labute approximate surface area is 152 Å². The van der Waals surface area contributed by atoms with Gasteiger partial charge in [0, 0.05) is 0 Å². The van der Waals surface area contributed by atoms with E-state index in [-0.39, 0.29) is 12.1 Å². The van der Waals surface area contributed by atoms with Gasteiger partial charge in [0.15, 0.2) is 11.9 Å². The zero-order valence-corrected chi connectivity index (χ0v) is 15.6. The predicted octanol–water partition coefficient (Wildman–Crippen LogP) is 5.58. The fourth-order valence-electron chi connectivity index (χ4n) is 2.43. The first-order valence-electron chi connectivity index (χ1n) is 8.97. The largest absolute Gasteiger partial charge is 0.496 e. The lowest BCUT2D eigenvalue weighted by Gasteiger charge is -2.08. The molecule has 1 aliphatic rings. The molecule has 1 rings (SSSR count). The van der Waals surface area contributed by atoms with E-state index in [0.29, 0.717) is 17.8 Å². The summed E-state index contributed by atoms with van der Waals surface area (Å²) in [4.78, 5) is 11.7. The van der Waals surface area contributed by atoms with Crippen LogP contribution in [-0.4, -0.2) is 19.2 Å². The van der Waals surface area contributed by atoms with Crippen molar-refractivity contribution in [1.82, 2.24) is 0 Å². The highest BCUT2D eigenvalue weighted by Gasteiger charge is 2.32. The quantitative estimate of drug-likeness (QED) is 0.213. The van der Waals surface area contributed by atoms with Crippen molar-refractivity contribution < 1.29 is 14.3 Å². The summed E-state index contributed by atoms with van der Waals surface area (Å²) in [6, 6.07) is 0. The molecule has 3 nitrogen and oxygen atoms in total. The number of carbonyl (C=O) groups excluding carboxylic acids is 1. The van der Waals surface area contributed by atoms with Crippen LogP contribution in [0.1, 0.15) is 46.0 Å². The van der Waals surface area contributed by atoms with E-state index in [4.69, 9.17) is 9.47 Å². The van der Waals surface area contributed by atoms with Crippen LogP contribution in [-0.2, 0) is 14.3 Å². The first-order valence-corrected chi connectivity index (χ1v) is 8.97. The normalized spacial score (nSPS) is 18.8. The van der Waals surface area contributed by atoms with Crippen molar-refractivity contribution in [1.29, 1.82) is 0 Å². The van der Waals surface area contributed by atoms with Gasteiger partial charge in [-0.15, -0.1) is 0 Å². The molecule has 0 aromatic carbocycles. The number of cyclic esters (lactones) is 1. The fraction of sp³-hybridized carbons (Fsp3) is 0.409. The van der Waals surface area contributed by atoms with E-state index in [2.05, 4.69) is 48.6 Å². The number of carbonyl (C=O) groups is 1. The molecule has 0 aromatic heterocycles. The van der Waals surface area contributed by atoms with E-state index in [0.717, 1.165) is 25.7 Å². The summed E-state index contributed by atoms with van der Waals surface area (Å²) in [6.07, 6.45) is 24.9. The van der Waals surface area contributed by atoms with Crippen molar-refractivity contribution in [3.63, 3.8) is 0 Å². The van der Waals surface area contributed by atoms with Gasteiger partial charge in [0.25, 0.3) is 0 Å². The van der Waals surface area contributed by atoms with Crippen LogP contribution in [0.25, 0.3) is 0 Å². The maximum atomic E-state index is 11.7. The van der Waals surface area contributed by atoms with Crippen LogP contribution >= 0.6 is 0 Å². The van der Waals surface area contributed by atoms with Crippen molar-refractivity contribution in [2.24, 2.45) is 0 Å². The Bertz CT molecular complexity index is 574. The van der Waals surface area contributed by atoms with E-state index >= 15 is 0 Å². The number of unbranched alkanes of at least 4 members (excludes halogenated alkanes) is 1. The average molecular weight is 342 g/mol. The van der Waals surface area contributed by atoms with Gasteiger partial charge in [-0.3, -0.25) is 0 Å². The minimum atomic E-state index is -0.367. The standard InChI is InChI=1S/C22H30O3/c1-4-6-7-8-9-10-11-12-13-14-15-16-17-18-20-21(24-3)19(5-2)22(23)25-20/h4,6,8-11,13-14,17-18,20H,5,7,12,15-16H2,1-3H3/b6-4+,9-8+,11-10+,14-13+,18-17+/t20-/m1/s1. The van der Waals surface area contributed by atoms with Crippen LogP contribution in [0.5, 0.6) is 0 Å². The van der Waals surface area contributed by atoms with Gasteiger partial charge in [0.1, 0.15) is 0 Å². The van der Waals surface area contributed by atoms with Gasteiger partial charge in [-0.05, 0) is 45.1 Å². The van der Waals surface area contributed by atoms with Crippen LogP contribution < -0.4 is 0 Å². The van der Waals surface area contributed by atoms with Crippen molar-refractivity contribution >= 4 is 5.97 Å². The monoisotopic (exact) mass is 342 g/mol. The molecule has 0 aromatic rings. The molecular weight excluding hydrogens is 312 g/mol. The summed E-state index contributed by atoms with van der Waals surface area (Å²) in [5.74, 6) is 0.382. The fourth-order valence-corrected chi connectivity index (χ4v) is 2.43. The van der Waals surface area contributed by atoms with Crippen LogP contribution in [0.2, 0.25) is 0 Å². The molecule has 0 amide bonds. The second-order valence-electron chi connectivity index (χ2n) is 5.60. The maximum Gasteiger partial charge on any atom is 0.338 e. The van der Waals surface area contributed by atoms with Gasteiger partial charge in [0.05, 0.1) is 12.7 Å². The molecule has 3 heteroatoms. The molecule has 1 aliphatic heterocycles. The van der Waals surface area contributed by atoms with E-state index in [9.17, 15) is 4.79 Å². The summed E-state index contributed by atoms with van der Waals surface area (Å²) in [6.45, 7) is 3.96. The van der Waals surface area contributed by atoms with Crippen molar-refractivity contribution in [3.05, 3.63) is 72.1 Å². The number of rotatable bonds is 11. The first kappa shape index (κ1) is 20.8. The highest BCUT2D eigenvalue weighted by Crippen LogP contribution is 2.26. The number of esters is 1. The number of allylic oxidation sites excluding steroid dienone is 9. The molecule has 0 bridgehead atoms. The third kappa shape index (κ3) is 7.88. The SMILES string of the molecule is C/C=C/C/C=C/C=C/C/C=C/CC/C=C/[C@H]1OC(=O)C(CC)=C1OC. The van der Waals surface area contributed by atoms with E-state index in [1.54, 1.807) is 7.11 Å². The number of hydrogen-bond donors (Lipinski definition) is 0. The second kappa shape index (κ2) is 13.1. The van der Waals surface area contributed by atoms with Gasteiger partial charge >= 0.3 is 5.97 Å². The minimum Gasteiger partial charge on any atom is -0.496 e. The number of methoxy groups -OCH3 is 1. The lowest BCUT2D eigenvalue weighted by Crippen LogP contribution is -2.09. The van der Waals surface area contributed by atoms with E-state index < -0.39 is 0 Å². The molecule has 0 unspecified atom stereocenters. The van der Waals surface area contributed by atoms with Crippen LogP contribution in [0.4, 0.5) is 0 Å². The van der Waals surface area contributed by atoms with Crippen molar-refractivity contribution in [2.75, 3.05) is 7.11 Å². The topological polar surface area (TPSA) is 35.5 Å². The number of hydrogen-bond acceptors (Lipinski definition) is 3. The molecule has 0 fully saturated rings. The molecule has 0 radical (unpaired) electrons. The number of ether oxygens (including phenoxy) is 2. The molecule has 1 atom stereocenters. The molecular formula is C22H30O3. The summed E-state index contributed by atoms with van der Waals surface area (Å²) >= 11 is 0. The third-order valence-electron chi connectivity index (χ3n) is 3.75. The lowest BCUT2D eigenvalue weighted by atomic mass is 10.1. The average Bonchev–Trinajstić information content (AvgIpc) is 2.93. The maximum absolute atomic E-state index is 11.7. The molecule has 136 valence electrons. The van der Waals surface area contributed by atoms with Crippen molar-refractivity contribution in [2.45, 2.75) is 52.1 Å². The molecule has 0 N–H and O–H groups in total. The Morgan fingerprint density at radius 2 is 1.68 bits per heavy atom. The van der Waals surface area contributed by atoms with Crippen LogP contribution in [0, 0.1) is 0 Å². The summed E-state index contributed by atoms with van der Waals surface area (Å²) in [5.41, 5.74) is 0.642. The predicted molar refractivity (Wildman–Crippen MR) is 104 cm³/mol. The minimum absolute atomic E-state index is 0.263. The van der Waals surface area contributed by atoms with E-state index in [1.807, 2.05) is 26.0 Å². The Morgan fingerprint density at radius 3 is 2.32 bits per heavy atom. The van der Waals surface area contributed by atoms with Gasteiger partial charge in [-0.25, -0.2) is 4.79 Å². The Morgan fingerprint density at radius 1 is 1.00 bits per heavy atom. The Hall–Kier alpha value is -2.29. The van der Waals surface area contributed by atoms with Gasteiger partial charge in [0.2, 0.25) is 0 Å². The Balaban J connectivity index is 2.24. The zero-order valence-electron chi connectivity index (χ0n) is 15.6. The van der Waals surface area contributed by atoms with Gasteiger partial charge in [-0.1, -0.05) is 61.6 Å². The Kier molecular flexibility index (Phi) is 10.8. The van der Waals surface area contributed by atoms with E-state index in [1.165, 1.54) is 0 Å². The summed E-state index contributed by atoms with van der Waals surface area (Å²) in [5, 5.41) is 0. The van der Waals surface area contributed by atoms with Gasteiger partial charge < -0.3 is 9.47 Å². The first-order chi connectivity index (χ1) is 12.2. The summed E-state index contributed by atoms with van der Waals surface area (Å²) in [7, 11) is 1.58. The van der Waals surface area contributed by atoms with Gasteiger partial charge in [-0.2, -0.15) is 0 Å².